The Morgan fingerprint density at radius 3 is 1.92 bits per heavy atom. The van der Waals surface area contributed by atoms with Crippen LogP contribution in [0.1, 0.15) is 16.7 Å². The van der Waals surface area contributed by atoms with Crippen molar-refractivity contribution in [2.24, 2.45) is 0 Å². The molecule has 0 spiro atoms. The molecule has 0 N–H and O–H groups in total. The SMILES string of the molecule is COC(=O)C1(c2ccccc2)C(Cc2ccccc2)=C1c1ccccc1. The minimum Gasteiger partial charge on any atom is -0.468 e. The Morgan fingerprint density at radius 2 is 1.35 bits per heavy atom. The van der Waals surface area contributed by atoms with E-state index < -0.39 is 5.41 Å². The number of carbonyl (C=O) groups excluding carboxylic acids is 1. The second-order valence-electron chi connectivity index (χ2n) is 6.49. The summed E-state index contributed by atoms with van der Waals surface area (Å²) < 4.78 is 5.27. The molecule has 0 heterocycles. The van der Waals surface area contributed by atoms with E-state index in [1.165, 1.54) is 12.7 Å². The Kier molecular flexibility index (Phi) is 4.18. The number of carbonyl (C=O) groups is 1. The van der Waals surface area contributed by atoms with Crippen molar-refractivity contribution < 1.29 is 9.53 Å². The third-order valence-corrected chi connectivity index (χ3v) is 5.05. The number of hydrogen-bond acceptors (Lipinski definition) is 2. The number of esters is 1. The van der Waals surface area contributed by atoms with Crippen molar-refractivity contribution in [2.75, 3.05) is 7.11 Å². The average Bonchev–Trinajstić information content (AvgIpc) is 3.38. The second kappa shape index (κ2) is 6.64. The van der Waals surface area contributed by atoms with Crippen LogP contribution in [0.25, 0.3) is 5.57 Å². The van der Waals surface area contributed by atoms with Crippen molar-refractivity contribution in [3.05, 3.63) is 113 Å². The van der Waals surface area contributed by atoms with Crippen LogP contribution in [0.15, 0.2) is 96.6 Å². The molecule has 0 amide bonds. The number of ether oxygens (including phenoxy) is 1. The number of methoxy groups -OCH3 is 1. The molecule has 128 valence electrons. The van der Waals surface area contributed by atoms with Crippen LogP contribution in [0.2, 0.25) is 0 Å². The maximum absolute atomic E-state index is 13.0. The molecule has 2 heteroatoms. The summed E-state index contributed by atoms with van der Waals surface area (Å²) in [6.45, 7) is 0. The van der Waals surface area contributed by atoms with E-state index in [9.17, 15) is 4.79 Å². The van der Waals surface area contributed by atoms with E-state index in [2.05, 4.69) is 24.3 Å². The van der Waals surface area contributed by atoms with E-state index in [1.54, 1.807) is 0 Å². The molecule has 3 aromatic carbocycles. The number of rotatable bonds is 5. The molecule has 0 saturated carbocycles. The predicted octanol–water partition coefficient (Wildman–Crippen LogP) is 4.81. The van der Waals surface area contributed by atoms with Crippen molar-refractivity contribution in [2.45, 2.75) is 11.8 Å². The van der Waals surface area contributed by atoms with Gasteiger partial charge in [-0.25, -0.2) is 0 Å². The summed E-state index contributed by atoms with van der Waals surface area (Å²) in [6.07, 6.45) is 0.731. The predicted molar refractivity (Wildman–Crippen MR) is 104 cm³/mol. The van der Waals surface area contributed by atoms with Crippen LogP contribution in [0.4, 0.5) is 0 Å². The van der Waals surface area contributed by atoms with Crippen molar-refractivity contribution in [3.63, 3.8) is 0 Å². The van der Waals surface area contributed by atoms with Gasteiger partial charge < -0.3 is 4.74 Å². The van der Waals surface area contributed by atoms with Gasteiger partial charge in [-0.2, -0.15) is 0 Å². The van der Waals surface area contributed by atoms with Crippen LogP contribution in [0, 0.1) is 0 Å². The zero-order valence-electron chi connectivity index (χ0n) is 14.7. The number of hydrogen-bond donors (Lipinski definition) is 0. The molecule has 0 bridgehead atoms. The van der Waals surface area contributed by atoms with Crippen LogP contribution in [0.5, 0.6) is 0 Å². The Morgan fingerprint density at radius 1 is 0.808 bits per heavy atom. The van der Waals surface area contributed by atoms with Crippen molar-refractivity contribution >= 4 is 11.5 Å². The van der Waals surface area contributed by atoms with E-state index in [1.807, 2.05) is 66.7 Å². The van der Waals surface area contributed by atoms with E-state index in [0.717, 1.165) is 28.7 Å². The van der Waals surface area contributed by atoms with Crippen LogP contribution in [0.3, 0.4) is 0 Å². The van der Waals surface area contributed by atoms with Gasteiger partial charge in [0.25, 0.3) is 0 Å². The van der Waals surface area contributed by atoms with Crippen molar-refractivity contribution in [1.29, 1.82) is 0 Å². The van der Waals surface area contributed by atoms with Gasteiger partial charge in [0.15, 0.2) is 0 Å². The van der Waals surface area contributed by atoms with E-state index >= 15 is 0 Å². The van der Waals surface area contributed by atoms with Crippen LogP contribution < -0.4 is 0 Å². The fraction of sp³-hybridized carbons (Fsp3) is 0.125. The van der Waals surface area contributed by atoms with Gasteiger partial charge in [-0.15, -0.1) is 0 Å². The summed E-state index contributed by atoms with van der Waals surface area (Å²) in [6, 6.07) is 30.3. The summed E-state index contributed by atoms with van der Waals surface area (Å²) in [4.78, 5) is 13.0. The number of benzene rings is 3. The molecular formula is C24H20O2. The summed E-state index contributed by atoms with van der Waals surface area (Å²) >= 11 is 0. The Balaban J connectivity index is 1.86. The van der Waals surface area contributed by atoms with E-state index in [4.69, 9.17) is 4.74 Å². The zero-order chi connectivity index (χ0) is 18.0. The summed E-state index contributed by atoms with van der Waals surface area (Å²) in [5, 5.41) is 0. The largest absolute Gasteiger partial charge is 0.468 e. The van der Waals surface area contributed by atoms with Crippen LogP contribution >= 0.6 is 0 Å². The van der Waals surface area contributed by atoms with Gasteiger partial charge in [-0.3, -0.25) is 4.79 Å². The van der Waals surface area contributed by atoms with Crippen LogP contribution in [-0.2, 0) is 21.4 Å². The van der Waals surface area contributed by atoms with Gasteiger partial charge in [0.2, 0.25) is 0 Å². The molecule has 4 rings (SSSR count). The molecular weight excluding hydrogens is 320 g/mol. The first-order chi connectivity index (χ1) is 12.8. The van der Waals surface area contributed by atoms with Crippen molar-refractivity contribution in [3.8, 4) is 0 Å². The van der Waals surface area contributed by atoms with Gasteiger partial charge in [0, 0.05) is 0 Å². The molecule has 1 aliphatic carbocycles. The maximum Gasteiger partial charge on any atom is 0.325 e. The Labute approximate surface area is 153 Å². The first kappa shape index (κ1) is 16.3. The van der Waals surface area contributed by atoms with Gasteiger partial charge in [-0.1, -0.05) is 91.0 Å². The molecule has 1 aliphatic rings. The van der Waals surface area contributed by atoms with E-state index in [-0.39, 0.29) is 5.97 Å². The first-order valence-corrected chi connectivity index (χ1v) is 8.76. The summed E-state index contributed by atoms with van der Waals surface area (Å²) in [5.41, 5.74) is 4.64. The Bertz CT molecular complexity index is 943. The summed E-state index contributed by atoms with van der Waals surface area (Å²) in [5.74, 6) is -0.214. The van der Waals surface area contributed by atoms with Gasteiger partial charge >= 0.3 is 5.97 Å². The fourth-order valence-electron chi connectivity index (χ4n) is 3.85. The Hall–Kier alpha value is -3.13. The molecule has 0 aliphatic heterocycles. The van der Waals surface area contributed by atoms with Crippen LogP contribution in [-0.4, -0.2) is 13.1 Å². The lowest BCUT2D eigenvalue weighted by Crippen LogP contribution is -2.27. The lowest BCUT2D eigenvalue weighted by molar-refractivity contribution is -0.142. The lowest BCUT2D eigenvalue weighted by Gasteiger charge is -2.19. The molecule has 0 radical (unpaired) electrons. The van der Waals surface area contributed by atoms with Gasteiger partial charge in [0.1, 0.15) is 5.41 Å². The topological polar surface area (TPSA) is 26.3 Å². The minimum atomic E-state index is -0.785. The molecule has 3 aromatic rings. The summed E-state index contributed by atoms with van der Waals surface area (Å²) in [7, 11) is 1.47. The molecule has 0 saturated heterocycles. The monoisotopic (exact) mass is 340 g/mol. The first-order valence-electron chi connectivity index (χ1n) is 8.76. The third kappa shape index (κ3) is 2.55. The molecule has 0 aromatic heterocycles. The zero-order valence-corrected chi connectivity index (χ0v) is 14.7. The highest BCUT2D eigenvalue weighted by atomic mass is 16.5. The molecule has 0 fully saturated rings. The highest BCUT2D eigenvalue weighted by Crippen LogP contribution is 2.61. The van der Waals surface area contributed by atoms with E-state index in [0.29, 0.717) is 0 Å². The van der Waals surface area contributed by atoms with Gasteiger partial charge in [-0.05, 0) is 34.3 Å². The van der Waals surface area contributed by atoms with Gasteiger partial charge in [0.05, 0.1) is 7.11 Å². The van der Waals surface area contributed by atoms with Crippen molar-refractivity contribution in [1.82, 2.24) is 0 Å². The third-order valence-electron chi connectivity index (χ3n) is 5.05. The molecule has 1 atom stereocenters. The molecule has 26 heavy (non-hydrogen) atoms. The minimum absolute atomic E-state index is 0.214. The average molecular weight is 340 g/mol. The molecule has 1 unspecified atom stereocenters. The smallest absolute Gasteiger partial charge is 0.325 e. The highest BCUT2D eigenvalue weighted by Gasteiger charge is 2.61. The fourth-order valence-corrected chi connectivity index (χ4v) is 3.85. The second-order valence-corrected chi connectivity index (χ2v) is 6.49. The quantitative estimate of drug-likeness (QED) is 0.623. The molecule has 2 nitrogen and oxygen atoms in total. The highest BCUT2D eigenvalue weighted by molar-refractivity contribution is 6.15. The lowest BCUT2D eigenvalue weighted by atomic mass is 9.85. The maximum atomic E-state index is 13.0. The normalized spacial score (nSPS) is 18.5. The standard InChI is InChI=1S/C24H20O2/c1-26-23(25)24(20-15-9-4-10-16-20)21(17-18-11-5-2-6-12-18)22(24)19-13-7-3-8-14-19/h2-16H,17H2,1H3.